The average molecular weight is 411 g/mol. The van der Waals surface area contributed by atoms with Crippen LogP contribution in [0.2, 0.25) is 0 Å². The number of carbonyl (C=O) groups excluding carboxylic acids is 3. The summed E-state index contributed by atoms with van der Waals surface area (Å²) in [6, 6.07) is 11.0. The summed E-state index contributed by atoms with van der Waals surface area (Å²) >= 11 is 0. The number of benzene rings is 2. The first kappa shape index (κ1) is 22.7. The largest absolute Gasteiger partial charge is 0.504 e. The van der Waals surface area contributed by atoms with E-state index < -0.39 is 18.0 Å². The van der Waals surface area contributed by atoms with E-state index >= 15 is 0 Å². The molecule has 0 aliphatic carbocycles. The van der Waals surface area contributed by atoms with E-state index in [2.05, 4.69) is 5.32 Å². The van der Waals surface area contributed by atoms with Gasteiger partial charge in [0.15, 0.2) is 23.9 Å². The summed E-state index contributed by atoms with van der Waals surface area (Å²) in [6.07, 6.45) is 2.67. The SMILES string of the molecule is COc1cc(/C=C/C(=O)OCC(=O)c2ccc(NC(=O)C(C)(C)C)cc2)ccc1O. The van der Waals surface area contributed by atoms with Gasteiger partial charge in [0.05, 0.1) is 7.11 Å². The number of Topliss-reactive ketones (excluding diaryl/α,β-unsaturated/α-hetero) is 1. The Hall–Kier alpha value is -3.61. The predicted octanol–water partition coefficient (Wildman–Crippen LogP) is 3.82. The van der Waals surface area contributed by atoms with Crippen LogP contribution in [0.3, 0.4) is 0 Å². The summed E-state index contributed by atoms with van der Waals surface area (Å²) in [5, 5.41) is 12.3. The third kappa shape index (κ3) is 6.48. The molecule has 0 saturated heterocycles. The number of anilines is 1. The quantitative estimate of drug-likeness (QED) is 0.408. The van der Waals surface area contributed by atoms with Gasteiger partial charge in [-0.25, -0.2) is 4.79 Å². The van der Waals surface area contributed by atoms with Crippen LogP contribution in [0.15, 0.2) is 48.5 Å². The Labute approximate surface area is 175 Å². The molecule has 0 spiro atoms. The Kier molecular flexibility index (Phi) is 7.36. The molecular weight excluding hydrogens is 386 g/mol. The van der Waals surface area contributed by atoms with Crippen LogP contribution in [0.25, 0.3) is 6.08 Å². The average Bonchev–Trinajstić information content (AvgIpc) is 2.71. The summed E-state index contributed by atoms with van der Waals surface area (Å²) in [5.41, 5.74) is 1.04. The highest BCUT2D eigenvalue weighted by molar-refractivity contribution is 6.00. The van der Waals surface area contributed by atoms with E-state index in [0.717, 1.165) is 0 Å². The van der Waals surface area contributed by atoms with Crippen molar-refractivity contribution in [1.29, 1.82) is 0 Å². The minimum absolute atomic E-state index is 0.00758. The number of nitrogens with one attached hydrogen (secondary N) is 1. The maximum absolute atomic E-state index is 12.2. The minimum atomic E-state index is -0.676. The zero-order valence-electron chi connectivity index (χ0n) is 17.4. The standard InChI is InChI=1S/C23H25NO6/c1-23(2,3)22(28)24-17-9-7-16(8-10-17)19(26)14-30-21(27)12-6-15-5-11-18(25)20(13-15)29-4/h5-13,25H,14H2,1-4H3,(H,24,28)/b12-6+. The Morgan fingerprint density at radius 2 is 1.73 bits per heavy atom. The van der Waals surface area contributed by atoms with Gasteiger partial charge < -0.3 is 19.9 Å². The lowest BCUT2D eigenvalue weighted by Crippen LogP contribution is -2.27. The molecule has 2 aromatic rings. The number of esters is 1. The lowest BCUT2D eigenvalue weighted by molar-refractivity contribution is -0.136. The van der Waals surface area contributed by atoms with Gasteiger partial charge in [-0.05, 0) is 48.0 Å². The lowest BCUT2D eigenvalue weighted by Gasteiger charge is -2.17. The molecule has 30 heavy (non-hydrogen) atoms. The zero-order chi connectivity index (χ0) is 22.3. The van der Waals surface area contributed by atoms with Crippen LogP contribution < -0.4 is 10.1 Å². The van der Waals surface area contributed by atoms with Crippen LogP contribution in [0.4, 0.5) is 5.69 Å². The Morgan fingerprint density at radius 1 is 1.07 bits per heavy atom. The first-order valence-corrected chi connectivity index (χ1v) is 9.26. The van der Waals surface area contributed by atoms with E-state index in [9.17, 15) is 19.5 Å². The van der Waals surface area contributed by atoms with E-state index in [4.69, 9.17) is 9.47 Å². The van der Waals surface area contributed by atoms with Gasteiger partial charge in [-0.1, -0.05) is 26.8 Å². The number of ketones is 1. The fraction of sp³-hybridized carbons (Fsp3) is 0.261. The van der Waals surface area contributed by atoms with Crippen molar-refractivity contribution in [2.24, 2.45) is 5.41 Å². The van der Waals surface area contributed by atoms with Crippen LogP contribution in [0.1, 0.15) is 36.7 Å². The molecule has 0 aliphatic rings. The van der Waals surface area contributed by atoms with Crippen molar-refractivity contribution in [1.82, 2.24) is 0 Å². The second-order valence-corrected chi connectivity index (χ2v) is 7.58. The van der Waals surface area contributed by atoms with E-state index in [1.165, 1.54) is 25.3 Å². The molecule has 7 heteroatoms. The molecule has 1 amide bonds. The number of ether oxygens (including phenoxy) is 2. The van der Waals surface area contributed by atoms with E-state index in [0.29, 0.717) is 16.8 Å². The van der Waals surface area contributed by atoms with E-state index in [1.807, 2.05) is 0 Å². The van der Waals surface area contributed by atoms with E-state index in [-0.39, 0.29) is 23.2 Å². The number of rotatable bonds is 7. The van der Waals surface area contributed by atoms with Gasteiger partial charge in [-0.3, -0.25) is 9.59 Å². The monoisotopic (exact) mass is 411 g/mol. The van der Waals surface area contributed by atoms with Gasteiger partial charge in [-0.15, -0.1) is 0 Å². The van der Waals surface area contributed by atoms with Crippen LogP contribution in [-0.4, -0.2) is 36.5 Å². The van der Waals surface area contributed by atoms with Crippen LogP contribution in [0, 0.1) is 5.41 Å². The molecule has 0 unspecified atom stereocenters. The number of amides is 1. The van der Waals surface area contributed by atoms with Crippen molar-refractivity contribution < 1.29 is 29.0 Å². The van der Waals surface area contributed by atoms with Crippen LogP contribution in [-0.2, 0) is 14.3 Å². The van der Waals surface area contributed by atoms with Gasteiger partial charge in [0.2, 0.25) is 5.91 Å². The molecule has 7 nitrogen and oxygen atoms in total. The smallest absolute Gasteiger partial charge is 0.331 e. The van der Waals surface area contributed by atoms with Crippen molar-refractivity contribution >= 4 is 29.4 Å². The summed E-state index contributed by atoms with van der Waals surface area (Å²) in [7, 11) is 1.42. The lowest BCUT2D eigenvalue weighted by atomic mass is 9.95. The molecule has 0 heterocycles. The third-order valence-corrected chi connectivity index (χ3v) is 4.11. The molecule has 2 N–H and O–H groups in total. The van der Waals surface area contributed by atoms with Crippen molar-refractivity contribution in [2.45, 2.75) is 20.8 Å². The molecule has 158 valence electrons. The topological polar surface area (TPSA) is 102 Å². The molecule has 0 aliphatic heterocycles. The molecule has 2 aromatic carbocycles. The van der Waals surface area contributed by atoms with Crippen molar-refractivity contribution in [3.8, 4) is 11.5 Å². The normalized spacial score (nSPS) is 11.2. The van der Waals surface area contributed by atoms with Crippen LogP contribution in [0.5, 0.6) is 11.5 Å². The Balaban J connectivity index is 1.89. The highest BCUT2D eigenvalue weighted by atomic mass is 16.5. The fourth-order valence-electron chi connectivity index (χ4n) is 2.29. The second kappa shape index (κ2) is 9.73. The number of methoxy groups -OCH3 is 1. The summed E-state index contributed by atoms with van der Waals surface area (Å²) in [5.74, 6) is -0.899. The molecule has 2 rings (SSSR count). The minimum Gasteiger partial charge on any atom is -0.504 e. The Morgan fingerprint density at radius 3 is 2.33 bits per heavy atom. The summed E-state index contributed by atoms with van der Waals surface area (Å²) < 4.78 is 9.97. The molecule has 0 fully saturated rings. The van der Waals surface area contributed by atoms with E-state index in [1.54, 1.807) is 57.2 Å². The van der Waals surface area contributed by atoms with Crippen molar-refractivity contribution in [3.63, 3.8) is 0 Å². The number of aromatic hydroxyl groups is 1. The van der Waals surface area contributed by atoms with Crippen molar-refractivity contribution in [3.05, 3.63) is 59.7 Å². The first-order valence-electron chi connectivity index (χ1n) is 9.26. The number of phenols is 1. The van der Waals surface area contributed by atoms with Gasteiger partial charge in [-0.2, -0.15) is 0 Å². The molecule has 0 bridgehead atoms. The van der Waals surface area contributed by atoms with Gasteiger partial charge in [0.25, 0.3) is 0 Å². The maximum Gasteiger partial charge on any atom is 0.331 e. The molecule has 0 aromatic heterocycles. The molecule has 0 saturated carbocycles. The van der Waals surface area contributed by atoms with Crippen molar-refractivity contribution in [2.75, 3.05) is 19.0 Å². The third-order valence-electron chi connectivity index (χ3n) is 4.11. The number of carbonyl (C=O) groups is 3. The number of phenolic OH excluding ortho intramolecular Hbond substituents is 1. The van der Waals surface area contributed by atoms with Gasteiger partial charge in [0, 0.05) is 22.7 Å². The Bertz CT molecular complexity index is 955. The molecule has 0 atom stereocenters. The number of hydrogen-bond donors (Lipinski definition) is 2. The first-order chi connectivity index (χ1) is 14.1. The van der Waals surface area contributed by atoms with Gasteiger partial charge >= 0.3 is 5.97 Å². The predicted molar refractivity (Wildman–Crippen MR) is 114 cm³/mol. The summed E-state index contributed by atoms with van der Waals surface area (Å²) in [6.45, 7) is 5.01. The van der Waals surface area contributed by atoms with Crippen LogP contribution >= 0.6 is 0 Å². The fourth-order valence-corrected chi connectivity index (χ4v) is 2.29. The highest BCUT2D eigenvalue weighted by Crippen LogP contribution is 2.26. The highest BCUT2D eigenvalue weighted by Gasteiger charge is 2.21. The summed E-state index contributed by atoms with van der Waals surface area (Å²) in [4.78, 5) is 36.0. The zero-order valence-corrected chi connectivity index (χ0v) is 17.4. The van der Waals surface area contributed by atoms with Gasteiger partial charge in [0.1, 0.15) is 0 Å². The maximum atomic E-state index is 12.2. The number of hydrogen-bond acceptors (Lipinski definition) is 6. The second-order valence-electron chi connectivity index (χ2n) is 7.58. The molecular formula is C23H25NO6. The molecule has 0 radical (unpaired) electrons.